The lowest BCUT2D eigenvalue weighted by Gasteiger charge is -2.36. The minimum Gasteiger partial charge on any atom is -0.544 e. The number of methoxy groups -OCH3 is 1. The van der Waals surface area contributed by atoms with Crippen LogP contribution in [0.2, 0.25) is 18.1 Å². The molecule has 0 saturated heterocycles. The molecule has 1 saturated carbocycles. The van der Waals surface area contributed by atoms with E-state index in [2.05, 4.69) is 86.2 Å². The lowest BCUT2D eigenvalue weighted by Crippen LogP contribution is -2.43. The molecule has 5 nitrogen and oxygen atoms in total. The van der Waals surface area contributed by atoms with Crippen molar-refractivity contribution < 1.29 is 13.9 Å². The summed E-state index contributed by atoms with van der Waals surface area (Å²) in [6, 6.07) is 18.7. The Bertz CT molecular complexity index is 1120. The molecule has 1 fully saturated rings. The number of benzene rings is 2. The van der Waals surface area contributed by atoms with E-state index >= 15 is 0 Å². The third kappa shape index (κ3) is 6.22. The highest BCUT2D eigenvalue weighted by atomic mass is 28.4. The maximum atomic E-state index is 6.52. The van der Waals surface area contributed by atoms with Gasteiger partial charge in [-0.15, -0.1) is 0 Å². The highest BCUT2D eigenvalue weighted by Crippen LogP contribution is 2.40. The molecular formula is C30H40N2O3Si. The van der Waals surface area contributed by atoms with Crippen molar-refractivity contribution in [2.75, 3.05) is 12.0 Å². The molecule has 4 rings (SSSR count). The highest BCUT2D eigenvalue weighted by molar-refractivity contribution is 6.74. The molecule has 2 aromatic carbocycles. The molecule has 1 aliphatic carbocycles. The van der Waals surface area contributed by atoms with Gasteiger partial charge in [-0.3, -0.25) is 4.98 Å². The number of ether oxygens (including phenoxy) is 2. The predicted molar refractivity (Wildman–Crippen MR) is 150 cm³/mol. The molecule has 3 aromatic rings. The maximum absolute atomic E-state index is 6.52. The number of aromatic nitrogens is 1. The van der Waals surface area contributed by atoms with E-state index in [1.54, 1.807) is 7.11 Å². The Morgan fingerprint density at radius 3 is 2.25 bits per heavy atom. The smallest absolute Gasteiger partial charge is 0.250 e. The number of nitrogens with zero attached hydrogens (tertiary/aromatic N) is 2. The fraction of sp³-hybridized carbons (Fsp3) is 0.433. The largest absolute Gasteiger partial charge is 0.544 e. The van der Waals surface area contributed by atoms with Crippen molar-refractivity contribution in [3.63, 3.8) is 0 Å². The van der Waals surface area contributed by atoms with Crippen molar-refractivity contribution in [1.82, 2.24) is 4.98 Å². The summed E-state index contributed by atoms with van der Waals surface area (Å²) in [5.41, 5.74) is 3.26. The zero-order valence-corrected chi connectivity index (χ0v) is 23.6. The fourth-order valence-electron chi connectivity index (χ4n) is 4.26. The number of anilines is 2. The molecule has 1 aliphatic rings. The molecular weight excluding hydrogens is 464 g/mol. The second kappa shape index (κ2) is 11.0. The summed E-state index contributed by atoms with van der Waals surface area (Å²) in [6.07, 6.45) is 8.63. The minimum atomic E-state index is -1.90. The predicted octanol–water partition coefficient (Wildman–Crippen LogP) is 8.13. The van der Waals surface area contributed by atoms with Gasteiger partial charge < -0.3 is 18.8 Å². The Kier molecular flexibility index (Phi) is 7.93. The Morgan fingerprint density at radius 1 is 0.944 bits per heavy atom. The summed E-state index contributed by atoms with van der Waals surface area (Å²) in [5.74, 6) is 2.49. The van der Waals surface area contributed by atoms with E-state index < -0.39 is 8.32 Å². The zero-order chi connectivity index (χ0) is 25.8. The van der Waals surface area contributed by atoms with Crippen LogP contribution in [0.1, 0.15) is 52.0 Å². The van der Waals surface area contributed by atoms with Gasteiger partial charge in [-0.05, 0) is 91.8 Å². The van der Waals surface area contributed by atoms with E-state index in [0.717, 1.165) is 47.0 Å². The Hall–Kier alpha value is -2.99. The topological polar surface area (TPSA) is 43.8 Å². The summed E-state index contributed by atoms with van der Waals surface area (Å²) in [5, 5.41) is 0.150. The first-order valence-electron chi connectivity index (χ1n) is 13.0. The molecule has 1 heterocycles. The van der Waals surface area contributed by atoms with Crippen LogP contribution in [0.5, 0.6) is 17.2 Å². The van der Waals surface area contributed by atoms with Gasteiger partial charge in [-0.1, -0.05) is 26.8 Å². The molecule has 36 heavy (non-hydrogen) atoms. The number of hydrogen-bond acceptors (Lipinski definition) is 5. The lowest BCUT2D eigenvalue weighted by molar-refractivity contribution is 0.201. The van der Waals surface area contributed by atoms with Gasteiger partial charge in [-0.2, -0.15) is 0 Å². The third-order valence-corrected chi connectivity index (χ3v) is 11.8. The molecule has 192 valence electrons. The van der Waals surface area contributed by atoms with Crippen LogP contribution in [0.3, 0.4) is 0 Å². The van der Waals surface area contributed by atoms with E-state index in [9.17, 15) is 0 Å². The fourth-order valence-corrected chi connectivity index (χ4v) is 5.29. The quantitative estimate of drug-likeness (QED) is 0.275. The average Bonchev–Trinajstić information content (AvgIpc) is 3.36. The third-order valence-electron chi connectivity index (χ3n) is 7.45. The molecule has 1 aromatic heterocycles. The molecule has 0 amide bonds. The summed E-state index contributed by atoms with van der Waals surface area (Å²) in [7, 11) is -0.204. The first kappa shape index (κ1) is 26.1. The van der Waals surface area contributed by atoms with Crippen LogP contribution in [0.4, 0.5) is 11.4 Å². The monoisotopic (exact) mass is 504 g/mol. The SMILES string of the molecule is COc1ccc(N(Cc2cccnc2)c2ccc(O[Si](C)(C)C(C)(C)C)cc2)cc1OC1CCCC1. The van der Waals surface area contributed by atoms with Gasteiger partial charge in [0, 0.05) is 36.4 Å². The zero-order valence-electron chi connectivity index (χ0n) is 22.6. The molecule has 6 heteroatoms. The molecule has 0 spiro atoms. The Balaban J connectivity index is 1.65. The van der Waals surface area contributed by atoms with E-state index in [-0.39, 0.29) is 11.1 Å². The van der Waals surface area contributed by atoms with E-state index in [1.165, 1.54) is 12.8 Å². The van der Waals surface area contributed by atoms with Crippen molar-refractivity contribution in [1.29, 1.82) is 0 Å². The molecule has 0 atom stereocenters. The van der Waals surface area contributed by atoms with Gasteiger partial charge in [0.1, 0.15) is 5.75 Å². The van der Waals surface area contributed by atoms with Crippen LogP contribution in [-0.4, -0.2) is 26.5 Å². The summed E-state index contributed by atoms with van der Waals surface area (Å²) < 4.78 is 18.6. The first-order chi connectivity index (χ1) is 17.2. The maximum Gasteiger partial charge on any atom is 0.250 e. The summed E-state index contributed by atoms with van der Waals surface area (Å²) in [6.45, 7) is 12.0. The van der Waals surface area contributed by atoms with Gasteiger partial charge in [-0.25, -0.2) is 0 Å². The molecule has 0 aliphatic heterocycles. The van der Waals surface area contributed by atoms with Crippen molar-refractivity contribution >= 4 is 19.7 Å². The average molecular weight is 505 g/mol. The Labute approximate surface area is 217 Å². The van der Waals surface area contributed by atoms with Crippen LogP contribution in [-0.2, 0) is 6.54 Å². The molecule has 0 radical (unpaired) electrons. The van der Waals surface area contributed by atoms with Gasteiger partial charge in [0.05, 0.1) is 13.2 Å². The van der Waals surface area contributed by atoms with Gasteiger partial charge in [0.25, 0.3) is 0 Å². The Morgan fingerprint density at radius 2 is 1.64 bits per heavy atom. The summed E-state index contributed by atoms with van der Waals surface area (Å²) in [4.78, 5) is 6.61. The van der Waals surface area contributed by atoms with E-state index in [1.807, 2.05) is 24.5 Å². The molecule has 0 unspecified atom stereocenters. The van der Waals surface area contributed by atoms with Crippen molar-refractivity contribution in [2.45, 2.75) is 77.2 Å². The number of pyridine rings is 1. The molecule has 0 bridgehead atoms. The standard InChI is InChI=1S/C30H40N2O3Si/c1-30(2,3)36(5,6)35-27-16-13-24(14-17-27)32(22-23-10-9-19-31-21-23)25-15-18-28(33-4)29(20-25)34-26-11-7-8-12-26/h9-10,13-21,26H,7-8,11-12,22H2,1-6H3. The van der Waals surface area contributed by atoms with Crippen LogP contribution in [0.15, 0.2) is 67.0 Å². The van der Waals surface area contributed by atoms with Crippen LogP contribution >= 0.6 is 0 Å². The normalized spacial score (nSPS) is 14.5. The van der Waals surface area contributed by atoms with Crippen molar-refractivity contribution in [3.8, 4) is 17.2 Å². The van der Waals surface area contributed by atoms with Crippen LogP contribution < -0.4 is 18.8 Å². The van der Waals surface area contributed by atoms with Crippen molar-refractivity contribution in [3.05, 3.63) is 72.6 Å². The highest BCUT2D eigenvalue weighted by Gasteiger charge is 2.39. The van der Waals surface area contributed by atoms with E-state index in [4.69, 9.17) is 13.9 Å². The number of rotatable bonds is 9. The van der Waals surface area contributed by atoms with Crippen molar-refractivity contribution in [2.24, 2.45) is 0 Å². The van der Waals surface area contributed by atoms with E-state index in [0.29, 0.717) is 6.54 Å². The minimum absolute atomic E-state index is 0.150. The second-order valence-electron chi connectivity index (χ2n) is 11.2. The number of hydrogen-bond donors (Lipinski definition) is 0. The van der Waals surface area contributed by atoms with Gasteiger partial charge in [0.2, 0.25) is 8.32 Å². The second-order valence-corrected chi connectivity index (χ2v) is 15.9. The summed E-state index contributed by atoms with van der Waals surface area (Å²) >= 11 is 0. The lowest BCUT2D eigenvalue weighted by atomic mass is 10.1. The van der Waals surface area contributed by atoms with Gasteiger partial charge in [0.15, 0.2) is 11.5 Å². The first-order valence-corrected chi connectivity index (χ1v) is 15.9. The van der Waals surface area contributed by atoms with Gasteiger partial charge >= 0.3 is 0 Å². The molecule has 0 N–H and O–H groups in total. The van der Waals surface area contributed by atoms with Crippen LogP contribution in [0, 0.1) is 0 Å². The van der Waals surface area contributed by atoms with Crippen LogP contribution in [0.25, 0.3) is 0 Å².